The van der Waals surface area contributed by atoms with Gasteiger partial charge in [0.05, 0.1) is 26.4 Å². The fourth-order valence-electron chi connectivity index (χ4n) is 10.7. The number of carbonyl (C=O) groups is 4. The number of hydrogen-bond acceptors (Lipinski definition) is 15. The van der Waals surface area contributed by atoms with Crippen LogP contribution >= 0.6 is 15.6 Å². The zero-order valence-electron chi connectivity index (χ0n) is 58.4. The summed E-state index contributed by atoms with van der Waals surface area (Å²) < 4.78 is 68.2. The van der Waals surface area contributed by atoms with Gasteiger partial charge in [0.25, 0.3) is 0 Å². The Morgan fingerprint density at radius 3 is 0.844 bits per heavy atom. The molecule has 0 aromatic carbocycles. The maximum Gasteiger partial charge on any atom is 0.472 e. The van der Waals surface area contributed by atoms with Crippen molar-refractivity contribution < 1.29 is 80.2 Å². The van der Waals surface area contributed by atoms with Crippen LogP contribution in [0.1, 0.15) is 363 Å². The minimum absolute atomic E-state index is 0.103. The summed E-state index contributed by atoms with van der Waals surface area (Å²) in [6.45, 7) is 9.43. The van der Waals surface area contributed by atoms with E-state index in [1.807, 2.05) is 0 Å². The molecule has 0 spiro atoms. The molecule has 17 nitrogen and oxygen atoms in total. The lowest BCUT2D eigenvalue weighted by Gasteiger charge is -2.21. The first-order chi connectivity index (χ1) is 43.4. The van der Waals surface area contributed by atoms with Crippen LogP contribution in [0.3, 0.4) is 0 Å². The third-order valence-electron chi connectivity index (χ3n) is 16.8. The van der Waals surface area contributed by atoms with E-state index in [9.17, 15) is 43.2 Å². The molecule has 0 rings (SSSR count). The maximum absolute atomic E-state index is 13.0. The quantitative estimate of drug-likeness (QED) is 0.0222. The standard InChI is InChI=1S/C71H138O17P2/c1-7-10-12-14-16-18-19-20-21-22-23-24-25-26-27-28-29-31-35-43-49-55-70(75)87-66(59-82-69(74)54-48-42-36-32-33-39-45-51-63(4)5)61-85-89(77,78)83-57-65(72)58-84-90(79,80)86-62-67(60-81-68(73)53-47-41-34-30-17-15-13-11-8-2)88-71(76)56-50-44-38-37-40-46-52-64(6)9-3/h63-67,72H,7-62H2,1-6H3,(H,77,78)(H,79,80)/t64?,65-,66-,67-/m1/s1. The van der Waals surface area contributed by atoms with Gasteiger partial charge in [0.2, 0.25) is 0 Å². The van der Waals surface area contributed by atoms with Crippen LogP contribution in [0.15, 0.2) is 0 Å². The van der Waals surface area contributed by atoms with Crippen LogP contribution < -0.4 is 0 Å². The molecule has 0 aromatic heterocycles. The number of esters is 4. The lowest BCUT2D eigenvalue weighted by Crippen LogP contribution is -2.30. The van der Waals surface area contributed by atoms with Gasteiger partial charge in [-0.25, -0.2) is 9.13 Å². The van der Waals surface area contributed by atoms with E-state index in [-0.39, 0.29) is 25.7 Å². The van der Waals surface area contributed by atoms with Crippen molar-refractivity contribution in [3.8, 4) is 0 Å². The molecule has 0 fully saturated rings. The lowest BCUT2D eigenvalue weighted by molar-refractivity contribution is -0.161. The van der Waals surface area contributed by atoms with E-state index in [0.717, 1.165) is 102 Å². The number of aliphatic hydroxyl groups excluding tert-OH is 1. The van der Waals surface area contributed by atoms with Gasteiger partial charge in [0, 0.05) is 25.7 Å². The van der Waals surface area contributed by atoms with Gasteiger partial charge in [0.1, 0.15) is 19.3 Å². The van der Waals surface area contributed by atoms with E-state index in [4.69, 9.17) is 37.0 Å². The third-order valence-corrected chi connectivity index (χ3v) is 18.7. The van der Waals surface area contributed by atoms with Crippen molar-refractivity contribution in [2.45, 2.75) is 381 Å². The number of rotatable bonds is 70. The number of ether oxygens (including phenoxy) is 4. The van der Waals surface area contributed by atoms with Gasteiger partial charge in [-0.1, -0.05) is 311 Å². The first-order valence-corrected chi connectivity index (χ1v) is 40.0. The fourth-order valence-corrected chi connectivity index (χ4v) is 12.3. The summed E-state index contributed by atoms with van der Waals surface area (Å²) in [4.78, 5) is 72.4. The second kappa shape index (κ2) is 63.1. The molecule has 0 amide bonds. The molecule has 0 aromatic rings. The van der Waals surface area contributed by atoms with E-state index in [1.165, 1.54) is 173 Å². The van der Waals surface area contributed by atoms with Crippen molar-refractivity contribution >= 4 is 39.5 Å². The van der Waals surface area contributed by atoms with Crippen LogP contribution in [0.25, 0.3) is 0 Å². The van der Waals surface area contributed by atoms with Crippen LogP contribution in [0.5, 0.6) is 0 Å². The van der Waals surface area contributed by atoms with Gasteiger partial charge < -0.3 is 33.8 Å². The van der Waals surface area contributed by atoms with Crippen molar-refractivity contribution in [1.29, 1.82) is 0 Å². The number of carbonyl (C=O) groups excluding carboxylic acids is 4. The highest BCUT2D eigenvalue weighted by atomic mass is 31.2. The molecule has 0 saturated heterocycles. The van der Waals surface area contributed by atoms with E-state index in [1.54, 1.807) is 0 Å². The number of aliphatic hydroxyl groups is 1. The Kier molecular flexibility index (Phi) is 61.8. The van der Waals surface area contributed by atoms with Crippen molar-refractivity contribution in [3.63, 3.8) is 0 Å². The molecule has 0 radical (unpaired) electrons. The summed E-state index contributed by atoms with van der Waals surface area (Å²) in [7, 11) is -9.90. The Morgan fingerprint density at radius 2 is 0.567 bits per heavy atom. The third kappa shape index (κ3) is 63.5. The number of unbranched alkanes of at least 4 members (excludes halogenated alkanes) is 39. The van der Waals surface area contributed by atoms with E-state index in [2.05, 4.69) is 41.5 Å². The summed E-state index contributed by atoms with van der Waals surface area (Å²) in [6, 6.07) is 0. The molecular formula is C71H138O17P2. The van der Waals surface area contributed by atoms with Gasteiger partial charge in [-0.2, -0.15) is 0 Å². The molecule has 19 heteroatoms. The molecule has 90 heavy (non-hydrogen) atoms. The summed E-state index contributed by atoms with van der Waals surface area (Å²) in [5.41, 5.74) is 0. The molecule has 0 saturated carbocycles. The van der Waals surface area contributed by atoms with Gasteiger partial charge in [0.15, 0.2) is 12.2 Å². The normalized spacial score (nSPS) is 14.4. The van der Waals surface area contributed by atoms with Gasteiger partial charge >= 0.3 is 39.5 Å². The Balaban J connectivity index is 5.14. The number of phosphoric acid groups is 2. The van der Waals surface area contributed by atoms with Crippen LogP contribution in [-0.4, -0.2) is 96.7 Å². The molecule has 0 bridgehead atoms. The molecule has 0 heterocycles. The average molecular weight is 1330 g/mol. The monoisotopic (exact) mass is 1320 g/mol. The summed E-state index contributed by atoms with van der Waals surface area (Å²) >= 11 is 0. The topological polar surface area (TPSA) is 237 Å². The summed E-state index contributed by atoms with van der Waals surface area (Å²) in [6.07, 6.45) is 48.9. The van der Waals surface area contributed by atoms with Crippen LogP contribution in [0.2, 0.25) is 0 Å². The molecule has 534 valence electrons. The fraction of sp³-hybridized carbons (Fsp3) is 0.944. The summed E-state index contributed by atoms with van der Waals surface area (Å²) in [5, 5.41) is 10.6. The minimum Gasteiger partial charge on any atom is -0.462 e. The van der Waals surface area contributed by atoms with Crippen LogP contribution in [0, 0.1) is 11.8 Å². The largest absolute Gasteiger partial charge is 0.472 e. The Bertz CT molecular complexity index is 1750. The first kappa shape index (κ1) is 88.1. The predicted octanol–water partition coefficient (Wildman–Crippen LogP) is 20.4. The second-order valence-corrected chi connectivity index (χ2v) is 29.3. The molecule has 0 aliphatic heterocycles. The average Bonchev–Trinajstić information content (AvgIpc) is 3.61. The highest BCUT2D eigenvalue weighted by Crippen LogP contribution is 2.45. The first-order valence-electron chi connectivity index (χ1n) is 37.0. The Labute approximate surface area is 549 Å². The molecule has 6 atom stereocenters. The number of hydrogen-bond donors (Lipinski definition) is 3. The van der Waals surface area contributed by atoms with E-state index >= 15 is 0 Å². The van der Waals surface area contributed by atoms with E-state index in [0.29, 0.717) is 31.6 Å². The van der Waals surface area contributed by atoms with Crippen LogP contribution in [-0.2, 0) is 65.4 Å². The zero-order chi connectivity index (χ0) is 66.5. The Hall–Kier alpha value is -1.94. The van der Waals surface area contributed by atoms with Gasteiger partial charge in [-0.15, -0.1) is 0 Å². The van der Waals surface area contributed by atoms with Crippen molar-refractivity contribution in [3.05, 3.63) is 0 Å². The zero-order valence-corrected chi connectivity index (χ0v) is 60.2. The minimum atomic E-state index is -4.95. The number of phosphoric ester groups is 2. The second-order valence-electron chi connectivity index (χ2n) is 26.3. The van der Waals surface area contributed by atoms with Crippen molar-refractivity contribution in [1.82, 2.24) is 0 Å². The maximum atomic E-state index is 13.0. The molecule has 3 N–H and O–H groups in total. The molecule has 0 aliphatic carbocycles. The SMILES string of the molecule is CCCCCCCCCCCCCCCCCCCCCCCC(=O)O[C@H](COC(=O)CCCCCCCCCC(C)C)COP(=O)(O)OC[C@@H](O)COP(=O)(O)OC[C@@H](COC(=O)CCCCCCCCCCC)OC(=O)CCCCCCCCC(C)CC. The smallest absolute Gasteiger partial charge is 0.462 e. The van der Waals surface area contributed by atoms with E-state index < -0.39 is 97.5 Å². The van der Waals surface area contributed by atoms with Crippen molar-refractivity contribution in [2.24, 2.45) is 11.8 Å². The van der Waals surface area contributed by atoms with Gasteiger partial charge in [-0.05, 0) is 37.5 Å². The molecule has 3 unspecified atom stereocenters. The molecule has 0 aliphatic rings. The summed E-state index contributed by atoms with van der Waals surface area (Å²) in [5.74, 6) is -0.705. The van der Waals surface area contributed by atoms with Crippen molar-refractivity contribution in [2.75, 3.05) is 39.6 Å². The highest BCUT2D eigenvalue weighted by Gasteiger charge is 2.30. The predicted molar refractivity (Wildman–Crippen MR) is 363 cm³/mol. The highest BCUT2D eigenvalue weighted by molar-refractivity contribution is 7.47. The Morgan fingerprint density at radius 1 is 0.322 bits per heavy atom. The van der Waals surface area contributed by atoms with Crippen LogP contribution in [0.4, 0.5) is 0 Å². The lowest BCUT2D eigenvalue weighted by atomic mass is 10.00. The molecular weight excluding hydrogens is 1190 g/mol. The van der Waals surface area contributed by atoms with Gasteiger partial charge in [-0.3, -0.25) is 37.3 Å².